The maximum atomic E-state index is 5.99. The van der Waals surface area contributed by atoms with Crippen LogP contribution < -0.4 is 10.1 Å². The highest BCUT2D eigenvalue weighted by Crippen LogP contribution is 2.33. The Hall–Kier alpha value is -0.620. The Bertz CT molecular complexity index is 455. The Balaban J connectivity index is 2.06. The van der Waals surface area contributed by atoms with E-state index in [0.29, 0.717) is 19.3 Å². The van der Waals surface area contributed by atoms with Gasteiger partial charge in [0.2, 0.25) is 0 Å². The van der Waals surface area contributed by atoms with Crippen molar-refractivity contribution in [2.75, 3.05) is 27.4 Å². The van der Waals surface area contributed by atoms with Gasteiger partial charge in [-0.3, -0.25) is 0 Å². The highest BCUT2D eigenvalue weighted by atomic mass is 79.9. The summed E-state index contributed by atoms with van der Waals surface area (Å²) in [4.78, 5) is 0. The zero-order valence-electron chi connectivity index (χ0n) is 12.9. The smallest absolute Gasteiger partial charge is 0.133 e. The van der Waals surface area contributed by atoms with E-state index in [0.717, 1.165) is 23.1 Å². The summed E-state index contributed by atoms with van der Waals surface area (Å²) in [6.45, 7) is 3.27. The van der Waals surface area contributed by atoms with E-state index in [1.807, 2.05) is 13.1 Å². The normalized spacial score (nSPS) is 23.2. The zero-order chi connectivity index (χ0) is 15.2. The van der Waals surface area contributed by atoms with E-state index in [4.69, 9.17) is 14.2 Å². The highest BCUT2D eigenvalue weighted by Gasteiger charge is 2.30. The number of halogens is 1. The number of rotatable bonds is 7. The van der Waals surface area contributed by atoms with Crippen LogP contribution >= 0.6 is 15.9 Å². The Morgan fingerprint density at radius 1 is 1.38 bits per heavy atom. The quantitative estimate of drug-likeness (QED) is 0.760. The van der Waals surface area contributed by atoms with E-state index < -0.39 is 0 Å². The molecule has 1 heterocycles. The summed E-state index contributed by atoms with van der Waals surface area (Å²) >= 11 is 3.58. The van der Waals surface area contributed by atoms with Gasteiger partial charge in [-0.1, -0.05) is 6.07 Å². The molecule has 5 heteroatoms. The molecule has 0 aliphatic carbocycles. The first kappa shape index (κ1) is 16.7. The SMILES string of the molecule is CNC(c1ccc(OCCOC)c(Br)c1)C1CCC(C)O1. The van der Waals surface area contributed by atoms with Crippen LogP contribution in [0.3, 0.4) is 0 Å². The average molecular weight is 358 g/mol. The van der Waals surface area contributed by atoms with Crippen molar-refractivity contribution in [3.05, 3.63) is 28.2 Å². The van der Waals surface area contributed by atoms with Crippen molar-refractivity contribution in [3.8, 4) is 5.75 Å². The van der Waals surface area contributed by atoms with E-state index in [2.05, 4.69) is 40.3 Å². The van der Waals surface area contributed by atoms with Crippen molar-refractivity contribution in [2.24, 2.45) is 0 Å². The van der Waals surface area contributed by atoms with Gasteiger partial charge in [0.25, 0.3) is 0 Å². The van der Waals surface area contributed by atoms with Crippen molar-refractivity contribution in [2.45, 2.75) is 38.0 Å². The number of benzene rings is 1. The summed E-state index contributed by atoms with van der Waals surface area (Å²) in [7, 11) is 3.65. The monoisotopic (exact) mass is 357 g/mol. The minimum absolute atomic E-state index is 0.208. The average Bonchev–Trinajstić information content (AvgIpc) is 2.88. The van der Waals surface area contributed by atoms with Crippen molar-refractivity contribution >= 4 is 15.9 Å². The zero-order valence-corrected chi connectivity index (χ0v) is 14.5. The first-order valence-electron chi connectivity index (χ1n) is 7.39. The second kappa shape index (κ2) is 8.13. The molecular weight excluding hydrogens is 334 g/mol. The van der Waals surface area contributed by atoms with Crippen molar-refractivity contribution in [3.63, 3.8) is 0 Å². The van der Waals surface area contributed by atoms with Crippen LogP contribution in [-0.4, -0.2) is 39.6 Å². The Labute approximate surface area is 135 Å². The van der Waals surface area contributed by atoms with Gasteiger partial charge in [-0.15, -0.1) is 0 Å². The number of nitrogens with one attached hydrogen (secondary N) is 1. The molecule has 3 unspecified atom stereocenters. The number of methoxy groups -OCH3 is 1. The largest absolute Gasteiger partial charge is 0.490 e. The molecule has 4 nitrogen and oxygen atoms in total. The fourth-order valence-corrected chi connectivity index (χ4v) is 3.22. The molecule has 1 aliphatic rings. The predicted octanol–water partition coefficient (Wildman–Crippen LogP) is 3.30. The molecule has 3 atom stereocenters. The molecule has 0 radical (unpaired) electrons. The molecule has 1 saturated heterocycles. The highest BCUT2D eigenvalue weighted by molar-refractivity contribution is 9.10. The number of likely N-dealkylation sites (N-methyl/N-ethyl adjacent to an activating group) is 1. The van der Waals surface area contributed by atoms with Gasteiger partial charge >= 0.3 is 0 Å². The molecular formula is C16H24BrNO3. The van der Waals surface area contributed by atoms with Crippen molar-refractivity contribution < 1.29 is 14.2 Å². The van der Waals surface area contributed by atoms with Crippen LogP contribution in [0.4, 0.5) is 0 Å². The van der Waals surface area contributed by atoms with Gasteiger partial charge in [-0.25, -0.2) is 0 Å². The van der Waals surface area contributed by atoms with Crippen LogP contribution in [0.5, 0.6) is 5.75 Å². The van der Waals surface area contributed by atoms with Crippen LogP contribution in [-0.2, 0) is 9.47 Å². The van der Waals surface area contributed by atoms with Gasteiger partial charge in [-0.2, -0.15) is 0 Å². The minimum atomic E-state index is 0.208. The fraction of sp³-hybridized carbons (Fsp3) is 0.625. The third-order valence-electron chi connectivity index (χ3n) is 3.81. The molecule has 1 fully saturated rings. The topological polar surface area (TPSA) is 39.7 Å². The molecule has 0 bridgehead atoms. The molecule has 1 aromatic carbocycles. The maximum Gasteiger partial charge on any atom is 0.133 e. The molecule has 21 heavy (non-hydrogen) atoms. The van der Waals surface area contributed by atoms with E-state index >= 15 is 0 Å². The lowest BCUT2D eigenvalue weighted by Crippen LogP contribution is -2.29. The van der Waals surface area contributed by atoms with Crippen LogP contribution in [0.1, 0.15) is 31.4 Å². The number of hydrogen-bond donors (Lipinski definition) is 1. The summed E-state index contributed by atoms with van der Waals surface area (Å²) in [6, 6.07) is 6.41. The fourth-order valence-electron chi connectivity index (χ4n) is 2.71. The molecule has 118 valence electrons. The Morgan fingerprint density at radius 3 is 2.76 bits per heavy atom. The molecule has 2 rings (SSSR count). The summed E-state index contributed by atoms with van der Waals surface area (Å²) in [5, 5.41) is 3.37. The Morgan fingerprint density at radius 2 is 2.19 bits per heavy atom. The van der Waals surface area contributed by atoms with Crippen molar-refractivity contribution in [1.82, 2.24) is 5.32 Å². The summed E-state index contributed by atoms with van der Waals surface area (Å²) < 4.78 is 17.6. The first-order valence-corrected chi connectivity index (χ1v) is 8.19. The van der Waals surface area contributed by atoms with E-state index in [1.54, 1.807) is 7.11 Å². The molecule has 1 N–H and O–H groups in total. The van der Waals surface area contributed by atoms with E-state index in [9.17, 15) is 0 Å². The van der Waals surface area contributed by atoms with Crippen molar-refractivity contribution in [1.29, 1.82) is 0 Å². The summed E-state index contributed by atoms with van der Waals surface area (Å²) in [5.41, 5.74) is 1.21. The molecule has 0 spiro atoms. The summed E-state index contributed by atoms with van der Waals surface area (Å²) in [6.07, 6.45) is 2.81. The molecule has 0 saturated carbocycles. The van der Waals surface area contributed by atoms with Crippen LogP contribution in [0.15, 0.2) is 22.7 Å². The lowest BCUT2D eigenvalue weighted by molar-refractivity contribution is 0.0333. The minimum Gasteiger partial charge on any atom is -0.490 e. The van der Waals surface area contributed by atoms with Gasteiger partial charge in [0, 0.05) is 7.11 Å². The molecule has 0 amide bonds. The third kappa shape index (κ3) is 4.42. The first-order chi connectivity index (χ1) is 10.2. The second-order valence-electron chi connectivity index (χ2n) is 5.36. The van der Waals surface area contributed by atoms with Gasteiger partial charge < -0.3 is 19.5 Å². The van der Waals surface area contributed by atoms with Gasteiger partial charge in [0.15, 0.2) is 0 Å². The standard InChI is InChI=1S/C16H24BrNO3/c1-11-4-6-15(21-11)16(18-2)12-5-7-14(13(17)10-12)20-9-8-19-3/h5,7,10-11,15-16,18H,4,6,8-9H2,1-3H3. The van der Waals surface area contributed by atoms with Gasteiger partial charge in [0.1, 0.15) is 12.4 Å². The molecule has 0 aromatic heterocycles. The second-order valence-corrected chi connectivity index (χ2v) is 6.21. The number of hydrogen-bond acceptors (Lipinski definition) is 4. The van der Waals surface area contributed by atoms with E-state index in [1.165, 1.54) is 5.56 Å². The molecule has 1 aromatic rings. The molecule has 1 aliphatic heterocycles. The third-order valence-corrected chi connectivity index (χ3v) is 4.43. The lowest BCUT2D eigenvalue weighted by atomic mass is 9.99. The maximum absolute atomic E-state index is 5.99. The van der Waals surface area contributed by atoms with Crippen LogP contribution in [0.2, 0.25) is 0 Å². The van der Waals surface area contributed by atoms with Crippen LogP contribution in [0.25, 0.3) is 0 Å². The predicted molar refractivity (Wildman–Crippen MR) is 86.9 cm³/mol. The van der Waals surface area contributed by atoms with Crippen LogP contribution in [0, 0.1) is 0 Å². The lowest BCUT2D eigenvalue weighted by Gasteiger charge is -2.24. The van der Waals surface area contributed by atoms with E-state index in [-0.39, 0.29) is 12.1 Å². The Kier molecular flexibility index (Phi) is 6.48. The number of ether oxygens (including phenoxy) is 3. The van der Waals surface area contributed by atoms with Gasteiger partial charge in [-0.05, 0) is 60.4 Å². The summed E-state index contributed by atoms with van der Waals surface area (Å²) in [5.74, 6) is 0.839. The van der Waals surface area contributed by atoms with Gasteiger partial charge in [0.05, 0.1) is 29.3 Å².